The number of pyridine rings is 1. The predicted molar refractivity (Wildman–Crippen MR) is 82.3 cm³/mol. The normalized spacial score (nSPS) is 10.7. The summed E-state index contributed by atoms with van der Waals surface area (Å²) in [5.41, 5.74) is 2.33. The van der Waals surface area contributed by atoms with Crippen LogP contribution in [-0.2, 0) is 13.6 Å². The number of anilines is 1. The summed E-state index contributed by atoms with van der Waals surface area (Å²) in [6, 6.07) is 5.46. The molecule has 2 aromatic rings. The summed E-state index contributed by atoms with van der Waals surface area (Å²) in [5.74, 6) is 0.839. The minimum absolute atomic E-state index is 0.124. The van der Waals surface area contributed by atoms with Crippen molar-refractivity contribution < 1.29 is 4.79 Å². The highest BCUT2D eigenvalue weighted by molar-refractivity contribution is 5.95. The van der Waals surface area contributed by atoms with Gasteiger partial charge in [-0.05, 0) is 24.1 Å². The van der Waals surface area contributed by atoms with Gasteiger partial charge in [-0.1, -0.05) is 13.8 Å². The third-order valence-electron chi connectivity index (χ3n) is 3.15. The van der Waals surface area contributed by atoms with Gasteiger partial charge >= 0.3 is 0 Å². The monoisotopic (exact) mass is 287 g/mol. The van der Waals surface area contributed by atoms with E-state index in [1.54, 1.807) is 17.8 Å². The molecule has 2 aromatic heterocycles. The fourth-order valence-corrected chi connectivity index (χ4v) is 1.94. The second-order valence-corrected chi connectivity index (χ2v) is 5.23. The summed E-state index contributed by atoms with van der Waals surface area (Å²) in [4.78, 5) is 16.7. The minimum atomic E-state index is -0.124. The number of nitrogens with one attached hydrogen (secondary N) is 2. The number of amides is 1. The second-order valence-electron chi connectivity index (χ2n) is 5.23. The maximum absolute atomic E-state index is 12.3. The Hall–Kier alpha value is -2.37. The largest absolute Gasteiger partial charge is 0.373 e. The molecule has 112 valence electrons. The number of nitrogens with zero attached hydrogens (tertiary/aromatic N) is 3. The van der Waals surface area contributed by atoms with Crippen LogP contribution in [0.1, 0.15) is 41.5 Å². The van der Waals surface area contributed by atoms with Gasteiger partial charge in [-0.2, -0.15) is 5.10 Å². The first-order valence-electron chi connectivity index (χ1n) is 6.96. The summed E-state index contributed by atoms with van der Waals surface area (Å²) in [7, 11) is 3.64. The van der Waals surface area contributed by atoms with E-state index in [1.807, 2.05) is 25.4 Å². The average Bonchev–Trinajstić information content (AvgIpc) is 2.89. The topological polar surface area (TPSA) is 71.8 Å². The van der Waals surface area contributed by atoms with Gasteiger partial charge < -0.3 is 10.6 Å². The highest BCUT2D eigenvalue weighted by Gasteiger charge is 2.11. The summed E-state index contributed by atoms with van der Waals surface area (Å²) in [6.45, 7) is 4.52. The van der Waals surface area contributed by atoms with Crippen molar-refractivity contribution in [2.24, 2.45) is 7.05 Å². The zero-order valence-electron chi connectivity index (χ0n) is 12.8. The first-order chi connectivity index (χ1) is 9.99. The van der Waals surface area contributed by atoms with E-state index >= 15 is 0 Å². The summed E-state index contributed by atoms with van der Waals surface area (Å²) >= 11 is 0. The molecule has 1 amide bonds. The quantitative estimate of drug-likeness (QED) is 0.881. The van der Waals surface area contributed by atoms with Gasteiger partial charge in [-0.25, -0.2) is 4.98 Å². The maximum atomic E-state index is 12.3. The first-order valence-corrected chi connectivity index (χ1v) is 6.96. The van der Waals surface area contributed by atoms with Crippen LogP contribution in [-0.4, -0.2) is 27.7 Å². The smallest absolute Gasteiger partial charge is 0.251 e. The van der Waals surface area contributed by atoms with Crippen LogP contribution < -0.4 is 10.6 Å². The van der Waals surface area contributed by atoms with Gasteiger partial charge in [0, 0.05) is 31.5 Å². The van der Waals surface area contributed by atoms with Crippen molar-refractivity contribution >= 4 is 11.7 Å². The molecule has 0 atom stereocenters. The lowest BCUT2D eigenvalue weighted by atomic mass is 10.1. The van der Waals surface area contributed by atoms with Crippen LogP contribution in [0.3, 0.4) is 0 Å². The lowest BCUT2D eigenvalue weighted by Crippen LogP contribution is -2.23. The number of aryl methyl sites for hydroxylation is 1. The highest BCUT2D eigenvalue weighted by atomic mass is 16.1. The fourth-order valence-electron chi connectivity index (χ4n) is 1.94. The Bertz CT molecular complexity index is 633. The van der Waals surface area contributed by atoms with Crippen LogP contribution in [0.5, 0.6) is 0 Å². The van der Waals surface area contributed by atoms with E-state index in [2.05, 4.69) is 34.6 Å². The van der Waals surface area contributed by atoms with Gasteiger partial charge in [0.1, 0.15) is 5.82 Å². The van der Waals surface area contributed by atoms with Crippen molar-refractivity contribution in [1.82, 2.24) is 20.1 Å². The van der Waals surface area contributed by atoms with Crippen LogP contribution >= 0.6 is 0 Å². The molecule has 0 aliphatic carbocycles. The van der Waals surface area contributed by atoms with Gasteiger partial charge in [0.2, 0.25) is 0 Å². The lowest BCUT2D eigenvalue weighted by Gasteiger charge is -2.11. The molecule has 0 spiro atoms. The molecule has 2 N–H and O–H groups in total. The Morgan fingerprint density at radius 2 is 2.14 bits per heavy atom. The number of carbonyl (C=O) groups is 1. The molecule has 0 aromatic carbocycles. The molecule has 0 fully saturated rings. The van der Waals surface area contributed by atoms with Crippen molar-refractivity contribution in [3.63, 3.8) is 0 Å². The Labute approximate surface area is 124 Å². The highest BCUT2D eigenvalue weighted by Crippen LogP contribution is 2.17. The van der Waals surface area contributed by atoms with Crippen LogP contribution in [0.15, 0.2) is 24.4 Å². The van der Waals surface area contributed by atoms with E-state index in [0.717, 1.165) is 11.4 Å². The number of hydrogen-bond acceptors (Lipinski definition) is 4. The van der Waals surface area contributed by atoms with Crippen LogP contribution in [0.25, 0.3) is 0 Å². The average molecular weight is 287 g/mol. The molecule has 2 rings (SSSR count). The molecule has 21 heavy (non-hydrogen) atoms. The van der Waals surface area contributed by atoms with Gasteiger partial charge in [0.25, 0.3) is 5.91 Å². The molecular weight excluding hydrogens is 266 g/mol. The Balaban J connectivity index is 2.12. The first kappa shape index (κ1) is 15.0. The molecule has 0 radical (unpaired) electrons. The van der Waals surface area contributed by atoms with Crippen molar-refractivity contribution in [2.45, 2.75) is 26.3 Å². The molecule has 0 saturated heterocycles. The molecule has 2 heterocycles. The van der Waals surface area contributed by atoms with Crippen molar-refractivity contribution in [3.8, 4) is 0 Å². The fraction of sp³-hybridized carbons (Fsp3) is 0.400. The molecule has 0 unspecified atom stereocenters. The van der Waals surface area contributed by atoms with E-state index in [0.29, 0.717) is 17.9 Å². The molecule has 0 bridgehead atoms. The van der Waals surface area contributed by atoms with Crippen molar-refractivity contribution in [1.29, 1.82) is 0 Å². The van der Waals surface area contributed by atoms with Crippen LogP contribution in [0.2, 0.25) is 0 Å². The predicted octanol–water partition coefficient (Wildman–Crippen LogP) is 1.91. The number of carbonyl (C=O) groups excluding carboxylic acids is 1. The third-order valence-corrected chi connectivity index (χ3v) is 3.15. The molecular formula is C15H21N5O. The van der Waals surface area contributed by atoms with Gasteiger partial charge in [0.15, 0.2) is 0 Å². The standard InChI is InChI=1S/C15H21N5O/c1-10(2)13-7-11(8-14(16-3)18-13)15(21)17-9-12-5-6-20(4)19-12/h5-8,10H,9H2,1-4H3,(H,16,18)(H,17,21). The van der Waals surface area contributed by atoms with Gasteiger partial charge in [-0.15, -0.1) is 0 Å². The molecule has 6 heteroatoms. The number of hydrogen-bond donors (Lipinski definition) is 2. The van der Waals surface area contributed by atoms with E-state index in [9.17, 15) is 4.79 Å². The van der Waals surface area contributed by atoms with Crippen molar-refractivity contribution in [2.75, 3.05) is 12.4 Å². The Kier molecular flexibility index (Phi) is 4.57. The van der Waals surface area contributed by atoms with Gasteiger partial charge in [-0.3, -0.25) is 9.48 Å². The van der Waals surface area contributed by atoms with Gasteiger partial charge in [0.05, 0.1) is 12.2 Å². The molecule has 0 saturated carbocycles. The van der Waals surface area contributed by atoms with E-state index in [-0.39, 0.29) is 11.8 Å². The van der Waals surface area contributed by atoms with E-state index in [1.165, 1.54) is 0 Å². The summed E-state index contributed by atoms with van der Waals surface area (Å²) < 4.78 is 1.71. The summed E-state index contributed by atoms with van der Waals surface area (Å²) in [5, 5.41) is 10.1. The van der Waals surface area contributed by atoms with E-state index in [4.69, 9.17) is 0 Å². The number of rotatable bonds is 5. The Morgan fingerprint density at radius 1 is 1.38 bits per heavy atom. The lowest BCUT2D eigenvalue weighted by molar-refractivity contribution is 0.0950. The maximum Gasteiger partial charge on any atom is 0.251 e. The van der Waals surface area contributed by atoms with Crippen LogP contribution in [0.4, 0.5) is 5.82 Å². The summed E-state index contributed by atoms with van der Waals surface area (Å²) in [6.07, 6.45) is 1.85. The minimum Gasteiger partial charge on any atom is -0.373 e. The molecule has 0 aliphatic heterocycles. The second kappa shape index (κ2) is 6.39. The third kappa shape index (κ3) is 3.81. The van der Waals surface area contributed by atoms with Crippen LogP contribution in [0, 0.1) is 0 Å². The zero-order chi connectivity index (χ0) is 15.4. The van der Waals surface area contributed by atoms with E-state index < -0.39 is 0 Å². The zero-order valence-corrected chi connectivity index (χ0v) is 12.8. The molecule has 0 aliphatic rings. The number of aromatic nitrogens is 3. The molecule has 6 nitrogen and oxygen atoms in total. The van der Waals surface area contributed by atoms with Crippen molar-refractivity contribution in [3.05, 3.63) is 41.3 Å². The SMILES string of the molecule is CNc1cc(C(=O)NCc2ccn(C)n2)cc(C(C)C)n1. The Morgan fingerprint density at radius 3 is 2.71 bits per heavy atom.